The number of pyridine rings is 1. The summed E-state index contributed by atoms with van der Waals surface area (Å²) in [5, 5.41) is 9.08. The van der Waals surface area contributed by atoms with Crippen molar-refractivity contribution in [1.29, 1.82) is 0 Å². The number of aromatic carboxylic acids is 1. The third-order valence-electron chi connectivity index (χ3n) is 2.60. The highest BCUT2D eigenvalue weighted by Crippen LogP contribution is 2.26. The van der Waals surface area contributed by atoms with Gasteiger partial charge in [-0.05, 0) is 30.3 Å². The molecule has 1 N–H and O–H groups in total. The van der Waals surface area contributed by atoms with E-state index in [1.54, 1.807) is 30.1 Å². The lowest BCUT2D eigenvalue weighted by Gasteiger charge is -2.20. The lowest BCUT2D eigenvalue weighted by molar-refractivity contribution is 0.0697. The number of carbonyl (C=O) groups is 1. The second-order valence-corrected chi connectivity index (χ2v) is 3.73. The van der Waals surface area contributed by atoms with Crippen molar-refractivity contribution in [2.24, 2.45) is 0 Å². The van der Waals surface area contributed by atoms with E-state index in [9.17, 15) is 9.18 Å². The maximum atomic E-state index is 12.8. The summed E-state index contributed by atoms with van der Waals surface area (Å²) < 4.78 is 12.8. The van der Waals surface area contributed by atoms with Crippen LogP contribution >= 0.6 is 0 Å². The monoisotopic (exact) mass is 246 g/mol. The maximum absolute atomic E-state index is 12.8. The van der Waals surface area contributed by atoms with E-state index in [2.05, 4.69) is 4.98 Å². The van der Waals surface area contributed by atoms with E-state index in [1.807, 2.05) is 0 Å². The maximum Gasteiger partial charge on any atom is 0.339 e. The molecule has 0 radical (unpaired) electrons. The number of hydrogen-bond donors (Lipinski definition) is 1. The number of nitrogens with zero attached hydrogens (tertiary/aromatic N) is 2. The zero-order valence-electron chi connectivity index (χ0n) is 9.67. The number of halogens is 1. The fourth-order valence-electron chi connectivity index (χ4n) is 1.65. The van der Waals surface area contributed by atoms with Crippen molar-refractivity contribution in [3.05, 3.63) is 54.1 Å². The lowest BCUT2D eigenvalue weighted by Crippen LogP contribution is -2.14. The number of rotatable bonds is 3. The summed E-state index contributed by atoms with van der Waals surface area (Å²) in [5.74, 6) is -1.38. The van der Waals surface area contributed by atoms with Crippen LogP contribution in [-0.4, -0.2) is 23.1 Å². The average Bonchev–Trinajstić information content (AvgIpc) is 2.39. The molecule has 0 aliphatic heterocycles. The summed E-state index contributed by atoms with van der Waals surface area (Å²) in [7, 11) is 1.72. The molecular weight excluding hydrogens is 235 g/mol. The molecule has 1 aromatic heterocycles. The molecule has 4 nitrogen and oxygen atoms in total. The molecule has 0 aliphatic rings. The normalized spacial score (nSPS) is 10.1. The van der Waals surface area contributed by atoms with E-state index < -0.39 is 5.97 Å². The SMILES string of the molecule is CN(c1ccc(F)cc1)c1ccncc1C(=O)O. The Hall–Kier alpha value is -2.43. The Morgan fingerprint density at radius 2 is 1.94 bits per heavy atom. The van der Waals surface area contributed by atoms with Crippen LogP contribution in [0.1, 0.15) is 10.4 Å². The molecule has 2 aromatic rings. The van der Waals surface area contributed by atoms with Gasteiger partial charge >= 0.3 is 5.97 Å². The summed E-state index contributed by atoms with van der Waals surface area (Å²) in [6.07, 6.45) is 2.81. The van der Waals surface area contributed by atoms with Gasteiger partial charge in [0.2, 0.25) is 0 Å². The van der Waals surface area contributed by atoms with Crippen LogP contribution in [0.4, 0.5) is 15.8 Å². The minimum Gasteiger partial charge on any atom is -0.478 e. The number of carboxylic acids is 1. The van der Waals surface area contributed by atoms with Crippen LogP contribution in [0.3, 0.4) is 0 Å². The van der Waals surface area contributed by atoms with Crippen LogP contribution in [0.2, 0.25) is 0 Å². The van der Waals surface area contributed by atoms with Crippen molar-refractivity contribution >= 4 is 17.3 Å². The van der Waals surface area contributed by atoms with Crippen LogP contribution in [-0.2, 0) is 0 Å². The average molecular weight is 246 g/mol. The third-order valence-corrected chi connectivity index (χ3v) is 2.60. The molecule has 1 heterocycles. The summed E-state index contributed by atoms with van der Waals surface area (Å²) in [5.41, 5.74) is 1.30. The molecule has 0 unspecified atom stereocenters. The predicted octanol–water partition coefficient (Wildman–Crippen LogP) is 2.69. The van der Waals surface area contributed by atoms with Gasteiger partial charge in [0.05, 0.1) is 5.69 Å². The zero-order valence-corrected chi connectivity index (χ0v) is 9.67. The Labute approximate surface area is 103 Å². The van der Waals surface area contributed by atoms with Gasteiger partial charge < -0.3 is 10.0 Å². The number of aromatic nitrogens is 1. The van der Waals surface area contributed by atoms with E-state index >= 15 is 0 Å². The molecular formula is C13H11FN2O2. The van der Waals surface area contributed by atoms with E-state index in [0.717, 1.165) is 0 Å². The molecule has 0 saturated carbocycles. The number of benzene rings is 1. The van der Waals surface area contributed by atoms with Crippen LogP contribution in [0, 0.1) is 5.82 Å². The van der Waals surface area contributed by atoms with Crippen molar-refractivity contribution < 1.29 is 14.3 Å². The van der Waals surface area contributed by atoms with Gasteiger partial charge in [0.25, 0.3) is 0 Å². The Balaban J connectivity index is 2.42. The second kappa shape index (κ2) is 4.83. The minimum atomic E-state index is -1.05. The van der Waals surface area contributed by atoms with Crippen molar-refractivity contribution in [1.82, 2.24) is 4.98 Å². The number of anilines is 2. The van der Waals surface area contributed by atoms with Crippen LogP contribution in [0.15, 0.2) is 42.7 Å². The van der Waals surface area contributed by atoms with Crippen molar-refractivity contribution in [3.63, 3.8) is 0 Å². The number of hydrogen-bond acceptors (Lipinski definition) is 3. The van der Waals surface area contributed by atoms with E-state index in [1.165, 1.54) is 24.5 Å². The Morgan fingerprint density at radius 3 is 2.56 bits per heavy atom. The van der Waals surface area contributed by atoms with E-state index in [-0.39, 0.29) is 11.4 Å². The van der Waals surface area contributed by atoms with Gasteiger partial charge in [-0.1, -0.05) is 0 Å². The fraction of sp³-hybridized carbons (Fsp3) is 0.0769. The summed E-state index contributed by atoms with van der Waals surface area (Å²) in [6.45, 7) is 0. The molecule has 1 aromatic carbocycles. The highest BCUT2D eigenvalue weighted by Gasteiger charge is 2.14. The number of carboxylic acid groups (broad SMARTS) is 1. The molecule has 18 heavy (non-hydrogen) atoms. The fourth-order valence-corrected chi connectivity index (χ4v) is 1.65. The quantitative estimate of drug-likeness (QED) is 0.904. The van der Waals surface area contributed by atoms with Gasteiger partial charge in [0.15, 0.2) is 0 Å². The topological polar surface area (TPSA) is 53.4 Å². The smallest absolute Gasteiger partial charge is 0.339 e. The van der Waals surface area contributed by atoms with Crippen molar-refractivity contribution in [2.75, 3.05) is 11.9 Å². The summed E-state index contributed by atoms with van der Waals surface area (Å²) in [4.78, 5) is 16.5. The lowest BCUT2D eigenvalue weighted by atomic mass is 10.2. The Morgan fingerprint density at radius 1 is 1.28 bits per heavy atom. The van der Waals surface area contributed by atoms with E-state index in [0.29, 0.717) is 11.4 Å². The third kappa shape index (κ3) is 2.29. The molecule has 0 amide bonds. The molecule has 0 atom stereocenters. The van der Waals surface area contributed by atoms with Gasteiger partial charge in [-0.3, -0.25) is 4.98 Å². The Kier molecular flexibility index (Phi) is 3.23. The van der Waals surface area contributed by atoms with Gasteiger partial charge in [0.1, 0.15) is 11.4 Å². The molecule has 0 aliphatic carbocycles. The molecule has 2 rings (SSSR count). The van der Waals surface area contributed by atoms with Crippen LogP contribution < -0.4 is 4.90 Å². The van der Waals surface area contributed by atoms with E-state index in [4.69, 9.17) is 5.11 Å². The summed E-state index contributed by atoms with van der Waals surface area (Å²) in [6, 6.07) is 7.43. The first-order chi connectivity index (χ1) is 8.59. The molecule has 0 bridgehead atoms. The largest absolute Gasteiger partial charge is 0.478 e. The highest BCUT2D eigenvalue weighted by molar-refractivity contribution is 5.95. The van der Waals surface area contributed by atoms with Gasteiger partial charge in [-0.2, -0.15) is 0 Å². The van der Waals surface area contributed by atoms with Crippen LogP contribution in [0.5, 0.6) is 0 Å². The first-order valence-corrected chi connectivity index (χ1v) is 5.26. The molecule has 5 heteroatoms. The molecule has 0 fully saturated rings. The van der Waals surface area contributed by atoms with Crippen molar-refractivity contribution in [2.45, 2.75) is 0 Å². The first kappa shape index (κ1) is 12.0. The van der Waals surface area contributed by atoms with Gasteiger partial charge in [-0.15, -0.1) is 0 Å². The zero-order chi connectivity index (χ0) is 13.1. The standard InChI is InChI=1S/C13H11FN2O2/c1-16(10-4-2-9(14)3-5-10)12-6-7-15-8-11(12)13(17)18/h2-8H,1H3,(H,17,18). The first-order valence-electron chi connectivity index (χ1n) is 5.26. The molecule has 92 valence electrons. The minimum absolute atomic E-state index is 0.101. The van der Waals surface area contributed by atoms with Crippen molar-refractivity contribution in [3.8, 4) is 0 Å². The van der Waals surface area contributed by atoms with Gasteiger partial charge in [-0.25, -0.2) is 9.18 Å². The van der Waals surface area contributed by atoms with Gasteiger partial charge in [0, 0.05) is 25.1 Å². The van der Waals surface area contributed by atoms with Crippen LogP contribution in [0.25, 0.3) is 0 Å². The molecule has 0 saturated heterocycles. The molecule has 0 spiro atoms. The summed E-state index contributed by atoms with van der Waals surface area (Å²) >= 11 is 0. The second-order valence-electron chi connectivity index (χ2n) is 3.73. The Bertz CT molecular complexity index is 569. The highest BCUT2D eigenvalue weighted by atomic mass is 19.1. The predicted molar refractivity (Wildman–Crippen MR) is 65.7 cm³/mol.